The van der Waals surface area contributed by atoms with Crippen LogP contribution in [0.25, 0.3) is 0 Å². The van der Waals surface area contributed by atoms with E-state index >= 15 is 0 Å². The maximum Gasteiger partial charge on any atom is 0.0928 e. The van der Waals surface area contributed by atoms with Crippen LogP contribution in [0.15, 0.2) is 24.3 Å². The van der Waals surface area contributed by atoms with Gasteiger partial charge in [-0.3, -0.25) is 0 Å². The van der Waals surface area contributed by atoms with Gasteiger partial charge in [-0.05, 0) is 12.5 Å². The molecular weight excluding hydrogens is 338 g/mol. The third-order valence-corrected chi connectivity index (χ3v) is 3.35. The van der Waals surface area contributed by atoms with Gasteiger partial charge in [-0.25, -0.2) is 0 Å². The first-order chi connectivity index (χ1) is 7.79. The molecule has 0 aromatic heterocycles. The Morgan fingerprint density at radius 1 is 1.31 bits per heavy atom. The molecule has 0 amide bonds. The Labute approximate surface area is 115 Å². The van der Waals surface area contributed by atoms with E-state index in [0.29, 0.717) is 6.61 Å². The number of alkyl halides is 1. The molecule has 0 heterocycles. The fraction of sp³-hybridized carbons (Fsp3) is 0.500. The molecule has 0 saturated carbocycles. The Hall–Kier alpha value is 0.160. The van der Waals surface area contributed by atoms with Gasteiger partial charge >= 0.3 is 0 Å². The molecule has 0 aliphatic heterocycles. The van der Waals surface area contributed by atoms with Crippen molar-refractivity contribution in [3.63, 3.8) is 0 Å². The highest BCUT2D eigenvalue weighted by Gasteiger charge is 2.13. The summed E-state index contributed by atoms with van der Waals surface area (Å²) in [5.74, 6) is 0. The van der Waals surface area contributed by atoms with Crippen LogP contribution in [0, 0.1) is 0 Å². The molecule has 90 valence electrons. The van der Waals surface area contributed by atoms with E-state index in [-0.39, 0.29) is 6.10 Å². The van der Waals surface area contributed by atoms with Crippen LogP contribution in [0.2, 0.25) is 5.02 Å². The summed E-state index contributed by atoms with van der Waals surface area (Å²) < 4.78 is 11.7. The fourth-order valence-electron chi connectivity index (χ4n) is 1.38. The van der Waals surface area contributed by atoms with E-state index in [9.17, 15) is 0 Å². The number of hydrogen-bond donors (Lipinski definition) is 0. The normalized spacial score (nSPS) is 12.7. The monoisotopic (exact) mass is 354 g/mol. The van der Waals surface area contributed by atoms with Crippen LogP contribution in [0.1, 0.15) is 18.1 Å². The molecule has 2 nitrogen and oxygen atoms in total. The maximum atomic E-state index is 6.13. The SMILES string of the molecule is COCCCOC(CI)c1ccccc1Cl. The van der Waals surface area contributed by atoms with Crippen LogP contribution in [0.3, 0.4) is 0 Å². The molecular formula is C12H16ClIO2. The summed E-state index contributed by atoms with van der Waals surface area (Å²) in [5, 5.41) is 0.774. The first-order valence-corrected chi connectivity index (χ1v) is 7.11. The molecule has 1 unspecified atom stereocenters. The number of halogens is 2. The van der Waals surface area contributed by atoms with Crippen LogP contribution >= 0.6 is 34.2 Å². The first kappa shape index (κ1) is 14.2. The molecule has 0 spiro atoms. The zero-order valence-electron chi connectivity index (χ0n) is 9.29. The van der Waals surface area contributed by atoms with E-state index < -0.39 is 0 Å². The summed E-state index contributed by atoms with van der Waals surface area (Å²) in [6.07, 6.45) is 0.986. The highest BCUT2D eigenvalue weighted by molar-refractivity contribution is 14.1. The fourth-order valence-corrected chi connectivity index (χ4v) is 2.37. The third kappa shape index (κ3) is 4.57. The second kappa shape index (κ2) is 8.28. The van der Waals surface area contributed by atoms with Gasteiger partial charge in [0.05, 0.1) is 6.10 Å². The van der Waals surface area contributed by atoms with Crippen LogP contribution in [0.5, 0.6) is 0 Å². The van der Waals surface area contributed by atoms with Gasteiger partial charge in [0, 0.05) is 35.3 Å². The molecule has 0 aliphatic carbocycles. The third-order valence-electron chi connectivity index (χ3n) is 2.20. The Bertz CT molecular complexity index is 307. The van der Waals surface area contributed by atoms with Crippen molar-refractivity contribution in [1.82, 2.24) is 0 Å². The van der Waals surface area contributed by atoms with E-state index in [0.717, 1.165) is 28.0 Å². The summed E-state index contributed by atoms with van der Waals surface area (Å²) in [5.41, 5.74) is 1.07. The smallest absolute Gasteiger partial charge is 0.0928 e. The lowest BCUT2D eigenvalue weighted by atomic mass is 10.1. The lowest BCUT2D eigenvalue weighted by Crippen LogP contribution is -2.08. The van der Waals surface area contributed by atoms with Gasteiger partial charge in [0.2, 0.25) is 0 Å². The van der Waals surface area contributed by atoms with E-state index in [2.05, 4.69) is 22.6 Å². The molecule has 0 saturated heterocycles. The molecule has 16 heavy (non-hydrogen) atoms. The van der Waals surface area contributed by atoms with E-state index in [1.54, 1.807) is 7.11 Å². The number of ether oxygens (including phenoxy) is 2. The van der Waals surface area contributed by atoms with Crippen molar-refractivity contribution in [1.29, 1.82) is 0 Å². The summed E-state index contributed by atoms with van der Waals surface area (Å²) in [4.78, 5) is 0. The molecule has 0 radical (unpaired) electrons. The van der Waals surface area contributed by atoms with Gasteiger partial charge in [0.25, 0.3) is 0 Å². The summed E-state index contributed by atoms with van der Waals surface area (Å²) in [6, 6.07) is 7.83. The molecule has 1 aromatic rings. The van der Waals surface area contributed by atoms with Crippen LogP contribution in [-0.4, -0.2) is 24.8 Å². The van der Waals surface area contributed by atoms with Crippen LogP contribution in [-0.2, 0) is 9.47 Å². The summed E-state index contributed by atoms with van der Waals surface area (Å²) in [6.45, 7) is 1.43. The second-order valence-electron chi connectivity index (χ2n) is 3.38. The Kier molecular flexibility index (Phi) is 7.36. The van der Waals surface area contributed by atoms with Crippen LogP contribution < -0.4 is 0 Å². The average molecular weight is 355 g/mol. The van der Waals surface area contributed by atoms with Crippen molar-refractivity contribution in [3.8, 4) is 0 Å². The second-order valence-corrected chi connectivity index (χ2v) is 4.67. The van der Waals surface area contributed by atoms with Gasteiger partial charge in [-0.1, -0.05) is 52.4 Å². The number of benzene rings is 1. The van der Waals surface area contributed by atoms with Crippen LogP contribution in [0.4, 0.5) is 0 Å². The summed E-state index contributed by atoms with van der Waals surface area (Å²) >= 11 is 8.45. The predicted molar refractivity (Wildman–Crippen MR) is 75.5 cm³/mol. The molecule has 0 aliphatic rings. The molecule has 0 fully saturated rings. The minimum absolute atomic E-state index is 0.0751. The lowest BCUT2D eigenvalue weighted by Gasteiger charge is -2.17. The zero-order valence-corrected chi connectivity index (χ0v) is 12.2. The van der Waals surface area contributed by atoms with Gasteiger partial charge in [-0.2, -0.15) is 0 Å². The molecule has 1 aromatic carbocycles. The molecule has 1 rings (SSSR count). The standard InChI is InChI=1S/C12H16ClIO2/c1-15-7-4-8-16-12(9-14)10-5-2-3-6-11(10)13/h2-3,5-6,12H,4,7-9H2,1H3. The topological polar surface area (TPSA) is 18.5 Å². The van der Waals surface area contributed by atoms with Crippen molar-refractivity contribution in [3.05, 3.63) is 34.9 Å². The van der Waals surface area contributed by atoms with E-state index in [1.807, 2.05) is 24.3 Å². The first-order valence-electron chi connectivity index (χ1n) is 5.20. The largest absolute Gasteiger partial charge is 0.385 e. The van der Waals surface area contributed by atoms with Crippen molar-refractivity contribution < 1.29 is 9.47 Å². The quantitative estimate of drug-likeness (QED) is 0.420. The lowest BCUT2D eigenvalue weighted by molar-refractivity contribution is 0.0542. The average Bonchev–Trinajstić information content (AvgIpc) is 2.31. The minimum Gasteiger partial charge on any atom is -0.385 e. The Morgan fingerprint density at radius 3 is 2.69 bits per heavy atom. The predicted octanol–water partition coefficient (Wildman–Crippen LogP) is 3.87. The van der Waals surface area contributed by atoms with E-state index in [1.165, 1.54) is 0 Å². The van der Waals surface area contributed by atoms with Crippen molar-refractivity contribution >= 4 is 34.2 Å². The molecule has 4 heteroatoms. The molecule has 1 atom stereocenters. The highest BCUT2D eigenvalue weighted by atomic mass is 127. The van der Waals surface area contributed by atoms with Gasteiger partial charge in [-0.15, -0.1) is 0 Å². The zero-order chi connectivity index (χ0) is 11.8. The maximum absolute atomic E-state index is 6.13. The Balaban J connectivity index is 2.51. The number of rotatable bonds is 7. The summed E-state index contributed by atoms with van der Waals surface area (Å²) in [7, 11) is 1.70. The van der Waals surface area contributed by atoms with Crippen molar-refractivity contribution in [2.24, 2.45) is 0 Å². The highest BCUT2D eigenvalue weighted by Crippen LogP contribution is 2.27. The number of methoxy groups -OCH3 is 1. The van der Waals surface area contributed by atoms with Gasteiger partial charge in [0.1, 0.15) is 0 Å². The van der Waals surface area contributed by atoms with Gasteiger partial charge in [0.15, 0.2) is 0 Å². The van der Waals surface area contributed by atoms with Gasteiger partial charge < -0.3 is 9.47 Å². The Morgan fingerprint density at radius 2 is 2.06 bits per heavy atom. The number of hydrogen-bond acceptors (Lipinski definition) is 2. The molecule has 0 N–H and O–H groups in total. The van der Waals surface area contributed by atoms with E-state index in [4.69, 9.17) is 21.1 Å². The van der Waals surface area contributed by atoms with Crippen molar-refractivity contribution in [2.45, 2.75) is 12.5 Å². The van der Waals surface area contributed by atoms with Crippen molar-refractivity contribution in [2.75, 3.05) is 24.8 Å². The minimum atomic E-state index is 0.0751. The molecule has 0 bridgehead atoms.